The maximum Gasteiger partial charge on any atom is 0.251 e. The molecule has 1 rings (SSSR count). The number of hydrogen-bond acceptors (Lipinski definition) is 3. The quantitative estimate of drug-likeness (QED) is 0.699. The molecular weight excluding hydrogens is 313 g/mol. The molecule has 0 bridgehead atoms. The van der Waals surface area contributed by atoms with E-state index in [0.29, 0.717) is 0 Å². The van der Waals surface area contributed by atoms with Gasteiger partial charge in [0.1, 0.15) is 11.9 Å². The number of halogens is 1. The molecule has 1 aromatic rings. The van der Waals surface area contributed by atoms with E-state index in [9.17, 15) is 18.8 Å². The van der Waals surface area contributed by atoms with Crippen molar-refractivity contribution in [3.05, 3.63) is 35.6 Å². The number of amides is 3. The molecule has 3 amide bonds. The van der Waals surface area contributed by atoms with Gasteiger partial charge in [0, 0.05) is 11.6 Å². The van der Waals surface area contributed by atoms with E-state index >= 15 is 0 Å². The average molecular weight is 337 g/mol. The standard InChI is InChI=1S/C17H24FN3O3/c1-10(2)15(17(24)19-9-14(22)20-11(3)4)21-16(23)12-5-7-13(18)8-6-12/h5-8,10-11,15H,9H2,1-4H3,(H,19,24)(H,20,22)(H,21,23). The second-order valence-corrected chi connectivity index (χ2v) is 6.14. The van der Waals surface area contributed by atoms with Crippen molar-refractivity contribution in [1.29, 1.82) is 0 Å². The summed E-state index contributed by atoms with van der Waals surface area (Å²) in [6.45, 7) is 7.04. The Morgan fingerprint density at radius 3 is 2.08 bits per heavy atom. The number of benzene rings is 1. The molecule has 0 aliphatic heterocycles. The molecule has 0 fully saturated rings. The van der Waals surface area contributed by atoms with Gasteiger partial charge in [0.05, 0.1) is 6.54 Å². The smallest absolute Gasteiger partial charge is 0.251 e. The fraction of sp³-hybridized carbons (Fsp3) is 0.471. The lowest BCUT2D eigenvalue weighted by Gasteiger charge is -2.21. The Morgan fingerprint density at radius 1 is 1.00 bits per heavy atom. The number of carbonyl (C=O) groups excluding carboxylic acids is 3. The minimum Gasteiger partial charge on any atom is -0.352 e. The average Bonchev–Trinajstić information content (AvgIpc) is 2.49. The molecule has 3 N–H and O–H groups in total. The fourth-order valence-corrected chi connectivity index (χ4v) is 2.01. The minimum atomic E-state index is -0.797. The van der Waals surface area contributed by atoms with E-state index in [1.807, 2.05) is 13.8 Å². The summed E-state index contributed by atoms with van der Waals surface area (Å²) >= 11 is 0. The maximum absolute atomic E-state index is 12.9. The largest absolute Gasteiger partial charge is 0.352 e. The Kier molecular flexibility index (Phi) is 7.35. The second-order valence-electron chi connectivity index (χ2n) is 6.14. The summed E-state index contributed by atoms with van der Waals surface area (Å²) in [7, 11) is 0. The summed E-state index contributed by atoms with van der Waals surface area (Å²) in [5.41, 5.74) is 0.257. The Balaban J connectivity index is 2.65. The minimum absolute atomic E-state index is 0.0199. The third-order valence-electron chi connectivity index (χ3n) is 3.21. The van der Waals surface area contributed by atoms with Crippen LogP contribution in [-0.4, -0.2) is 36.3 Å². The number of hydrogen-bond donors (Lipinski definition) is 3. The van der Waals surface area contributed by atoms with E-state index in [1.54, 1.807) is 13.8 Å². The lowest BCUT2D eigenvalue weighted by atomic mass is 10.0. The first-order chi connectivity index (χ1) is 11.2. The Morgan fingerprint density at radius 2 is 1.58 bits per heavy atom. The predicted octanol–water partition coefficient (Wildman–Crippen LogP) is 1.22. The molecule has 0 aromatic heterocycles. The summed E-state index contributed by atoms with van der Waals surface area (Å²) in [5.74, 6) is -1.84. The predicted molar refractivity (Wildman–Crippen MR) is 88.8 cm³/mol. The van der Waals surface area contributed by atoms with Gasteiger partial charge in [-0.2, -0.15) is 0 Å². The normalized spacial score (nSPS) is 12.0. The number of nitrogens with one attached hydrogen (secondary N) is 3. The van der Waals surface area contributed by atoms with E-state index in [4.69, 9.17) is 0 Å². The Hall–Kier alpha value is -2.44. The van der Waals surface area contributed by atoms with Crippen LogP contribution in [0.25, 0.3) is 0 Å². The first-order valence-electron chi connectivity index (χ1n) is 7.84. The van der Waals surface area contributed by atoms with Gasteiger partial charge in [-0.25, -0.2) is 4.39 Å². The highest BCUT2D eigenvalue weighted by molar-refractivity contribution is 5.98. The Labute approximate surface area is 141 Å². The first kappa shape index (κ1) is 19.6. The molecule has 0 aliphatic rings. The molecule has 0 aliphatic carbocycles. The van der Waals surface area contributed by atoms with E-state index in [0.717, 1.165) is 0 Å². The summed E-state index contributed by atoms with van der Waals surface area (Å²) in [6, 6.07) is 4.22. The van der Waals surface area contributed by atoms with Crippen LogP contribution in [0.15, 0.2) is 24.3 Å². The van der Waals surface area contributed by atoms with Crippen molar-refractivity contribution in [2.75, 3.05) is 6.54 Å². The van der Waals surface area contributed by atoms with Crippen molar-refractivity contribution in [3.63, 3.8) is 0 Å². The topological polar surface area (TPSA) is 87.3 Å². The fourth-order valence-electron chi connectivity index (χ4n) is 2.01. The monoisotopic (exact) mass is 337 g/mol. The molecule has 0 heterocycles. The van der Waals surface area contributed by atoms with Gasteiger partial charge in [-0.15, -0.1) is 0 Å². The molecule has 6 nitrogen and oxygen atoms in total. The molecule has 24 heavy (non-hydrogen) atoms. The van der Waals surface area contributed by atoms with Gasteiger partial charge in [0.15, 0.2) is 0 Å². The van der Waals surface area contributed by atoms with Gasteiger partial charge in [-0.1, -0.05) is 13.8 Å². The van der Waals surface area contributed by atoms with Crippen molar-refractivity contribution >= 4 is 17.7 Å². The van der Waals surface area contributed by atoms with E-state index in [-0.39, 0.29) is 30.0 Å². The van der Waals surface area contributed by atoms with Crippen LogP contribution in [0.5, 0.6) is 0 Å². The SMILES string of the molecule is CC(C)NC(=O)CNC(=O)C(NC(=O)c1ccc(F)cc1)C(C)C. The van der Waals surface area contributed by atoms with Gasteiger partial charge in [-0.3, -0.25) is 14.4 Å². The van der Waals surface area contributed by atoms with Crippen LogP contribution in [0.4, 0.5) is 4.39 Å². The van der Waals surface area contributed by atoms with Gasteiger partial charge in [-0.05, 0) is 44.0 Å². The molecule has 7 heteroatoms. The van der Waals surface area contributed by atoms with Crippen molar-refractivity contribution in [2.45, 2.75) is 39.8 Å². The molecule has 1 atom stereocenters. The van der Waals surface area contributed by atoms with Crippen molar-refractivity contribution in [1.82, 2.24) is 16.0 Å². The van der Waals surface area contributed by atoms with Gasteiger partial charge in [0.25, 0.3) is 5.91 Å². The maximum atomic E-state index is 12.9. The zero-order valence-corrected chi connectivity index (χ0v) is 14.4. The molecule has 0 spiro atoms. The molecule has 1 unspecified atom stereocenters. The van der Waals surface area contributed by atoms with Gasteiger partial charge in [0.2, 0.25) is 11.8 Å². The third kappa shape index (κ3) is 6.36. The highest BCUT2D eigenvalue weighted by Crippen LogP contribution is 2.06. The number of rotatable bonds is 7. The van der Waals surface area contributed by atoms with E-state index in [2.05, 4.69) is 16.0 Å². The zero-order valence-electron chi connectivity index (χ0n) is 14.4. The zero-order chi connectivity index (χ0) is 18.3. The molecule has 1 aromatic carbocycles. The van der Waals surface area contributed by atoms with Crippen LogP contribution in [0.1, 0.15) is 38.1 Å². The van der Waals surface area contributed by atoms with Crippen LogP contribution < -0.4 is 16.0 Å². The van der Waals surface area contributed by atoms with Crippen LogP contribution in [-0.2, 0) is 9.59 Å². The van der Waals surface area contributed by atoms with Crippen molar-refractivity contribution in [3.8, 4) is 0 Å². The lowest BCUT2D eigenvalue weighted by molar-refractivity contribution is -0.128. The van der Waals surface area contributed by atoms with Crippen molar-refractivity contribution in [2.24, 2.45) is 5.92 Å². The van der Waals surface area contributed by atoms with Crippen LogP contribution in [0.2, 0.25) is 0 Å². The third-order valence-corrected chi connectivity index (χ3v) is 3.21. The first-order valence-corrected chi connectivity index (χ1v) is 7.84. The van der Waals surface area contributed by atoms with E-state index < -0.39 is 23.7 Å². The van der Waals surface area contributed by atoms with Crippen molar-refractivity contribution < 1.29 is 18.8 Å². The summed E-state index contributed by atoms with van der Waals surface area (Å²) in [6.07, 6.45) is 0. The molecule has 0 saturated carbocycles. The van der Waals surface area contributed by atoms with Crippen LogP contribution in [0, 0.1) is 11.7 Å². The summed E-state index contributed by atoms with van der Waals surface area (Å²) < 4.78 is 12.9. The summed E-state index contributed by atoms with van der Waals surface area (Å²) in [5, 5.41) is 7.78. The lowest BCUT2D eigenvalue weighted by Crippen LogP contribution is -2.51. The molecule has 132 valence electrons. The highest BCUT2D eigenvalue weighted by atomic mass is 19.1. The van der Waals surface area contributed by atoms with Crippen LogP contribution >= 0.6 is 0 Å². The summed E-state index contributed by atoms with van der Waals surface area (Å²) in [4.78, 5) is 36.0. The Bertz CT molecular complexity index is 585. The molecule has 0 saturated heterocycles. The second kappa shape index (κ2) is 9.00. The molecular formula is C17H24FN3O3. The van der Waals surface area contributed by atoms with Crippen LogP contribution in [0.3, 0.4) is 0 Å². The van der Waals surface area contributed by atoms with Gasteiger partial charge >= 0.3 is 0 Å². The number of carbonyl (C=O) groups is 3. The molecule has 0 radical (unpaired) electrons. The van der Waals surface area contributed by atoms with E-state index in [1.165, 1.54) is 24.3 Å². The highest BCUT2D eigenvalue weighted by Gasteiger charge is 2.25. The van der Waals surface area contributed by atoms with Gasteiger partial charge < -0.3 is 16.0 Å².